The molecule has 2 saturated heterocycles. The van der Waals surface area contributed by atoms with Crippen molar-refractivity contribution in [3.05, 3.63) is 59.1 Å². The number of sulfone groups is 1. The van der Waals surface area contributed by atoms with Gasteiger partial charge in [0.2, 0.25) is 0 Å². The number of aliphatic imine (C=N–C) groups is 1. The Balaban J connectivity index is 1.58. The van der Waals surface area contributed by atoms with Crippen LogP contribution in [0.3, 0.4) is 0 Å². The molecule has 2 aromatic carbocycles. The smallest absolute Gasteiger partial charge is 0.285 e. The number of hydrogen-bond donors (Lipinski definition) is 0. The fourth-order valence-electron chi connectivity index (χ4n) is 3.29. The maximum absolute atomic E-state index is 12.4. The number of thioether (sulfide) groups is 1. The summed E-state index contributed by atoms with van der Waals surface area (Å²) in [6.07, 6.45) is 0. The molecule has 2 heterocycles. The van der Waals surface area contributed by atoms with Crippen LogP contribution in [0.15, 0.2) is 64.1 Å². The molecule has 4 rings (SSSR count). The molecule has 9 heteroatoms. The van der Waals surface area contributed by atoms with Gasteiger partial charge in [-0.05, 0) is 30.3 Å². The van der Waals surface area contributed by atoms with Crippen LogP contribution < -0.4 is 9.64 Å². The zero-order valence-electron chi connectivity index (χ0n) is 14.7. The molecule has 0 unspecified atom stereocenters. The molecule has 1 amide bonds. The van der Waals surface area contributed by atoms with Crippen molar-refractivity contribution in [3.63, 3.8) is 0 Å². The lowest BCUT2D eigenvalue weighted by Crippen LogP contribution is -2.37. The van der Waals surface area contributed by atoms with Gasteiger partial charge in [-0.15, -0.1) is 0 Å². The van der Waals surface area contributed by atoms with Crippen LogP contribution in [0.2, 0.25) is 0 Å². The summed E-state index contributed by atoms with van der Waals surface area (Å²) < 4.78 is 30.6. The third-order valence-corrected chi connectivity index (χ3v) is 8.18. The predicted octanol–water partition coefficient (Wildman–Crippen LogP) is 3.13. The minimum absolute atomic E-state index is 0.0604. The van der Waals surface area contributed by atoms with E-state index in [4.69, 9.17) is 4.74 Å². The molecule has 0 radical (unpaired) electrons. The van der Waals surface area contributed by atoms with Gasteiger partial charge in [-0.2, -0.15) is 4.99 Å². The quantitative estimate of drug-likeness (QED) is 0.668. The number of rotatable bonds is 4. The van der Waals surface area contributed by atoms with Crippen molar-refractivity contribution in [3.8, 4) is 5.75 Å². The second-order valence-corrected chi connectivity index (χ2v) is 10.8. The van der Waals surface area contributed by atoms with E-state index in [9.17, 15) is 13.2 Å². The van der Waals surface area contributed by atoms with Crippen LogP contribution >= 0.6 is 27.7 Å². The Labute approximate surface area is 176 Å². The SMILES string of the molecule is O=C(COc1ccccc1)N=C1S[C@@H]2CS(=O)(=O)C[C@@H]2N1c1cccc(Br)c1. The van der Waals surface area contributed by atoms with Crippen LogP contribution in [0.4, 0.5) is 5.69 Å². The first-order chi connectivity index (χ1) is 13.4. The molecule has 0 aliphatic carbocycles. The molecule has 0 spiro atoms. The second kappa shape index (κ2) is 7.88. The molecule has 2 fully saturated rings. The number of carbonyl (C=O) groups excluding carboxylic acids is 1. The zero-order valence-corrected chi connectivity index (χ0v) is 17.9. The van der Waals surface area contributed by atoms with Crippen LogP contribution in [0.5, 0.6) is 5.75 Å². The summed E-state index contributed by atoms with van der Waals surface area (Å²) in [6.45, 7) is -0.173. The highest BCUT2D eigenvalue weighted by atomic mass is 79.9. The highest BCUT2D eigenvalue weighted by Crippen LogP contribution is 2.41. The van der Waals surface area contributed by atoms with E-state index in [-0.39, 0.29) is 29.4 Å². The number of ether oxygens (including phenoxy) is 1. The van der Waals surface area contributed by atoms with E-state index in [0.29, 0.717) is 10.9 Å². The van der Waals surface area contributed by atoms with Crippen LogP contribution in [0.25, 0.3) is 0 Å². The summed E-state index contributed by atoms with van der Waals surface area (Å²) >= 11 is 4.79. The average molecular weight is 481 g/mol. The van der Waals surface area contributed by atoms with Crippen molar-refractivity contribution in [2.45, 2.75) is 11.3 Å². The fraction of sp³-hybridized carbons (Fsp3) is 0.263. The molecular formula is C19H17BrN2O4S2. The van der Waals surface area contributed by atoms with Gasteiger partial charge in [0, 0.05) is 15.4 Å². The molecule has 146 valence electrons. The van der Waals surface area contributed by atoms with Gasteiger partial charge in [0.15, 0.2) is 21.6 Å². The predicted molar refractivity (Wildman–Crippen MR) is 115 cm³/mol. The van der Waals surface area contributed by atoms with Crippen molar-refractivity contribution < 1.29 is 17.9 Å². The first kappa shape index (κ1) is 19.5. The van der Waals surface area contributed by atoms with Crippen LogP contribution in [0.1, 0.15) is 0 Å². The molecule has 2 aliphatic rings. The lowest BCUT2D eigenvalue weighted by atomic mass is 10.2. The number of fused-ring (bicyclic) bond motifs is 1. The number of amidine groups is 1. The molecule has 2 atom stereocenters. The summed E-state index contributed by atoms with van der Waals surface area (Å²) in [6, 6.07) is 16.4. The molecule has 2 aliphatic heterocycles. The number of carbonyl (C=O) groups is 1. The maximum atomic E-state index is 12.4. The molecule has 28 heavy (non-hydrogen) atoms. The van der Waals surface area contributed by atoms with Crippen LogP contribution in [0, 0.1) is 0 Å². The van der Waals surface area contributed by atoms with Gasteiger partial charge in [-0.1, -0.05) is 52.0 Å². The Hall–Kier alpha value is -1.84. The van der Waals surface area contributed by atoms with Crippen molar-refractivity contribution in [1.82, 2.24) is 0 Å². The second-order valence-electron chi connectivity index (χ2n) is 6.54. The molecule has 2 aromatic rings. The topological polar surface area (TPSA) is 76.0 Å². The summed E-state index contributed by atoms with van der Waals surface area (Å²) in [5.41, 5.74) is 0.807. The van der Waals surface area contributed by atoms with Gasteiger partial charge >= 0.3 is 0 Å². The van der Waals surface area contributed by atoms with Crippen molar-refractivity contribution in [2.24, 2.45) is 4.99 Å². The number of nitrogens with zero attached hydrogens (tertiary/aromatic N) is 2. The molecule has 0 aromatic heterocycles. The van der Waals surface area contributed by atoms with Crippen molar-refractivity contribution in [2.75, 3.05) is 23.0 Å². The molecule has 0 N–H and O–H groups in total. The minimum atomic E-state index is -3.09. The maximum Gasteiger partial charge on any atom is 0.285 e. The van der Waals surface area contributed by atoms with Gasteiger partial charge < -0.3 is 9.64 Å². The highest BCUT2D eigenvalue weighted by molar-refractivity contribution is 9.10. The lowest BCUT2D eigenvalue weighted by Gasteiger charge is -2.24. The summed E-state index contributed by atoms with van der Waals surface area (Å²) in [7, 11) is -3.09. The molecule has 6 nitrogen and oxygen atoms in total. The number of amides is 1. The van der Waals surface area contributed by atoms with Crippen molar-refractivity contribution >= 4 is 54.3 Å². The molecular weight excluding hydrogens is 464 g/mol. The third-order valence-electron chi connectivity index (χ3n) is 4.48. The zero-order chi connectivity index (χ0) is 19.7. The Kier molecular flexibility index (Phi) is 5.48. The van der Waals surface area contributed by atoms with E-state index in [1.807, 2.05) is 47.4 Å². The Morgan fingerprint density at radius 3 is 2.71 bits per heavy atom. The number of anilines is 1. The standard InChI is InChI=1S/C19H17BrN2O4S2/c20-13-5-4-6-14(9-13)22-16-11-28(24,25)12-17(16)27-19(22)21-18(23)10-26-15-7-2-1-3-8-15/h1-9,16-17H,10-12H2/t16-,17+/m0/s1. The normalized spacial score (nSPS) is 24.3. The van der Waals surface area contributed by atoms with Gasteiger partial charge in [-0.25, -0.2) is 8.42 Å². The first-order valence-electron chi connectivity index (χ1n) is 8.62. The summed E-state index contributed by atoms with van der Waals surface area (Å²) in [4.78, 5) is 18.5. The summed E-state index contributed by atoms with van der Waals surface area (Å²) in [5, 5.41) is 0.384. The van der Waals surface area contributed by atoms with E-state index < -0.39 is 15.7 Å². The highest BCUT2D eigenvalue weighted by Gasteiger charge is 2.49. The largest absolute Gasteiger partial charge is 0.484 e. The number of hydrogen-bond acceptors (Lipinski definition) is 5. The minimum Gasteiger partial charge on any atom is -0.484 e. The summed E-state index contributed by atoms with van der Waals surface area (Å²) in [5.74, 6) is 0.349. The van der Waals surface area contributed by atoms with Crippen LogP contribution in [-0.2, 0) is 14.6 Å². The average Bonchev–Trinajstić information content (AvgIpc) is 3.11. The van der Waals surface area contributed by atoms with Gasteiger partial charge in [-0.3, -0.25) is 4.79 Å². The number of benzene rings is 2. The van der Waals surface area contributed by atoms with Gasteiger partial charge in [0.1, 0.15) is 5.75 Å². The van der Waals surface area contributed by atoms with Gasteiger partial charge in [0.25, 0.3) is 5.91 Å². The Morgan fingerprint density at radius 1 is 1.18 bits per heavy atom. The molecule has 0 bridgehead atoms. The van der Waals surface area contributed by atoms with Gasteiger partial charge in [0.05, 0.1) is 17.5 Å². The Bertz CT molecular complexity index is 1030. The molecule has 0 saturated carbocycles. The fourth-order valence-corrected chi connectivity index (χ4v) is 7.61. The van der Waals surface area contributed by atoms with Crippen LogP contribution in [-0.4, -0.2) is 48.9 Å². The number of para-hydroxylation sites is 1. The third kappa shape index (κ3) is 4.26. The lowest BCUT2D eigenvalue weighted by molar-refractivity contribution is -0.119. The van der Waals surface area contributed by atoms with E-state index in [1.165, 1.54) is 11.8 Å². The van der Waals surface area contributed by atoms with E-state index in [2.05, 4.69) is 20.9 Å². The van der Waals surface area contributed by atoms with E-state index in [1.54, 1.807) is 12.1 Å². The number of halogens is 1. The Morgan fingerprint density at radius 2 is 1.96 bits per heavy atom. The first-order valence-corrected chi connectivity index (χ1v) is 12.1. The van der Waals surface area contributed by atoms with E-state index in [0.717, 1.165) is 10.2 Å². The van der Waals surface area contributed by atoms with E-state index >= 15 is 0 Å². The monoisotopic (exact) mass is 480 g/mol. The van der Waals surface area contributed by atoms with Crippen molar-refractivity contribution in [1.29, 1.82) is 0 Å².